The van der Waals surface area contributed by atoms with Crippen LogP contribution in [0, 0.1) is 6.92 Å². The van der Waals surface area contributed by atoms with Crippen LogP contribution in [0.1, 0.15) is 31.2 Å². The maximum absolute atomic E-state index is 12.2. The minimum atomic E-state index is -0.142. The standard InChI is InChI=1S/C14H20N4OS/c1-10-12(18-7-8-20-14(18)16-10)9-15-11(2)13(19)17-5-3-4-6-17/h7-8,11,15H,3-6,9H2,1-2H3. The number of imidazole rings is 1. The summed E-state index contributed by atoms with van der Waals surface area (Å²) in [6.45, 7) is 6.45. The largest absolute Gasteiger partial charge is 0.341 e. The Morgan fingerprint density at radius 3 is 3.00 bits per heavy atom. The number of rotatable bonds is 4. The van der Waals surface area contributed by atoms with Crippen LogP contribution in [0.15, 0.2) is 11.6 Å². The van der Waals surface area contributed by atoms with Crippen LogP contribution in [0.3, 0.4) is 0 Å². The van der Waals surface area contributed by atoms with Gasteiger partial charge in [0.1, 0.15) is 0 Å². The highest BCUT2D eigenvalue weighted by atomic mass is 32.1. The van der Waals surface area contributed by atoms with Gasteiger partial charge in [-0.15, -0.1) is 11.3 Å². The zero-order valence-corrected chi connectivity index (χ0v) is 12.7. The molecule has 2 aromatic rings. The third-order valence-electron chi connectivity index (χ3n) is 3.93. The van der Waals surface area contributed by atoms with Crippen molar-refractivity contribution in [2.75, 3.05) is 13.1 Å². The number of fused-ring (bicyclic) bond motifs is 1. The molecule has 1 fully saturated rings. The number of carbonyl (C=O) groups excluding carboxylic acids is 1. The molecule has 0 aromatic carbocycles. The van der Waals surface area contributed by atoms with E-state index in [0.717, 1.165) is 42.3 Å². The molecule has 1 aliphatic rings. The maximum atomic E-state index is 12.2. The Kier molecular flexibility index (Phi) is 3.76. The van der Waals surface area contributed by atoms with Gasteiger partial charge in [0.15, 0.2) is 4.96 Å². The smallest absolute Gasteiger partial charge is 0.239 e. The van der Waals surface area contributed by atoms with E-state index in [1.807, 2.05) is 30.3 Å². The molecule has 0 spiro atoms. The van der Waals surface area contributed by atoms with E-state index in [9.17, 15) is 4.79 Å². The number of nitrogens with one attached hydrogen (secondary N) is 1. The summed E-state index contributed by atoms with van der Waals surface area (Å²) in [6, 6.07) is -0.142. The number of aryl methyl sites for hydroxylation is 1. The first-order valence-electron chi connectivity index (χ1n) is 7.10. The van der Waals surface area contributed by atoms with Crippen LogP contribution < -0.4 is 5.32 Å². The Labute approximate surface area is 122 Å². The zero-order chi connectivity index (χ0) is 14.1. The highest BCUT2D eigenvalue weighted by molar-refractivity contribution is 7.15. The minimum Gasteiger partial charge on any atom is -0.341 e. The molecule has 108 valence electrons. The van der Waals surface area contributed by atoms with Crippen molar-refractivity contribution >= 4 is 22.2 Å². The van der Waals surface area contributed by atoms with Crippen LogP contribution in [0.4, 0.5) is 0 Å². The van der Waals surface area contributed by atoms with Gasteiger partial charge in [-0.1, -0.05) is 0 Å². The Bertz CT molecular complexity index is 612. The summed E-state index contributed by atoms with van der Waals surface area (Å²) >= 11 is 1.63. The van der Waals surface area contributed by atoms with E-state index in [0.29, 0.717) is 6.54 Å². The molecule has 2 aromatic heterocycles. The number of thiazole rings is 1. The Balaban J connectivity index is 1.65. The van der Waals surface area contributed by atoms with Crippen molar-refractivity contribution in [3.05, 3.63) is 23.0 Å². The molecule has 5 nitrogen and oxygen atoms in total. The second-order valence-corrected chi connectivity index (χ2v) is 6.21. The average Bonchev–Trinajstić information content (AvgIpc) is 3.12. The second-order valence-electron chi connectivity index (χ2n) is 5.33. The highest BCUT2D eigenvalue weighted by Gasteiger charge is 2.23. The third kappa shape index (κ3) is 2.45. The monoisotopic (exact) mass is 292 g/mol. The van der Waals surface area contributed by atoms with E-state index in [1.54, 1.807) is 11.3 Å². The summed E-state index contributed by atoms with van der Waals surface area (Å²) in [4.78, 5) is 19.7. The molecule has 1 unspecified atom stereocenters. The van der Waals surface area contributed by atoms with Crippen molar-refractivity contribution < 1.29 is 4.79 Å². The maximum Gasteiger partial charge on any atom is 0.239 e. The fourth-order valence-corrected chi connectivity index (χ4v) is 3.48. The molecule has 0 bridgehead atoms. The van der Waals surface area contributed by atoms with Crippen LogP contribution in [0.25, 0.3) is 4.96 Å². The number of carbonyl (C=O) groups is 1. The molecule has 1 amide bonds. The molecule has 1 atom stereocenters. The van der Waals surface area contributed by atoms with Crippen LogP contribution in [-0.4, -0.2) is 39.3 Å². The van der Waals surface area contributed by atoms with Gasteiger partial charge in [0.2, 0.25) is 5.91 Å². The van der Waals surface area contributed by atoms with Crippen molar-refractivity contribution in [1.82, 2.24) is 19.6 Å². The van der Waals surface area contributed by atoms with Gasteiger partial charge in [0, 0.05) is 31.2 Å². The first-order valence-corrected chi connectivity index (χ1v) is 7.98. The predicted octanol–water partition coefficient (Wildman–Crippen LogP) is 1.80. The topological polar surface area (TPSA) is 49.6 Å². The van der Waals surface area contributed by atoms with E-state index in [4.69, 9.17) is 0 Å². The van der Waals surface area contributed by atoms with E-state index in [1.165, 1.54) is 0 Å². The molecule has 0 radical (unpaired) electrons. The van der Waals surface area contributed by atoms with Gasteiger partial charge in [-0.25, -0.2) is 4.98 Å². The molecule has 3 heterocycles. The SMILES string of the molecule is Cc1nc2sccn2c1CNC(C)C(=O)N1CCCC1. The number of hydrogen-bond acceptors (Lipinski definition) is 4. The quantitative estimate of drug-likeness (QED) is 0.935. The molecule has 1 saturated heterocycles. The lowest BCUT2D eigenvalue weighted by molar-refractivity contribution is -0.132. The molecule has 20 heavy (non-hydrogen) atoms. The normalized spacial score (nSPS) is 17.0. The van der Waals surface area contributed by atoms with Gasteiger partial charge in [-0.2, -0.15) is 0 Å². The van der Waals surface area contributed by atoms with Gasteiger partial charge in [-0.3, -0.25) is 9.20 Å². The van der Waals surface area contributed by atoms with Gasteiger partial charge < -0.3 is 10.2 Å². The van der Waals surface area contributed by atoms with Crippen LogP contribution >= 0.6 is 11.3 Å². The molecule has 3 rings (SSSR count). The molecule has 0 aliphatic carbocycles. The lowest BCUT2D eigenvalue weighted by Gasteiger charge is -2.21. The molecule has 0 saturated carbocycles. The van der Waals surface area contributed by atoms with Crippen molar-refractivity contribution in [2.24, 2.45) is 0 Å². The Hall–Kier alpha value is -1.40. The van der Waals surface area contributed by atoms with Crippen molar-refractivity contribution in [3.63, 3.8) is 0 Å². The van der Waals surface area contributed by atoms with Crippen molar-refractivity contribution in [3.8, 4) is 0 Å². The lowest BCUT2D eigenvalue weighted by atomic mass is 10.2. The number of likely N-dealkylation sites (tertiary alicyclic amines) is 1. The molecular formula is C14H20N4OS. The summed E-state index contributed by atoms with van der Waals surface area (Å²) in [5.41, 5.74) is 2.17. The number of aromatic nitrogens is 2. The van der Waals surface area contributed by atoms with Crippen LogP contribution in [0.5, 0.6) is 0 Å². The number of nitrogens with zero attached hydrogens (tertiary/aromatic N) is 3. The van der Waals surface area contributed by atoms with Crippen molar-refractivity contribution in [2.45, 2.75) is 39.3 Å². The summed E-state index contributed by atoms with van der Waals surface area (Å²) in [6.07, 6.45) is 4.30. The lowest BCUT2D eigenvalue weighted by Crippen LogP contribution is -2.43. The Morgan fingerprint density at radius 2 is 2.25 bits per heavy atom. The Morgan fingerprint density at radius 1 is 1.50 bits per heavy atom. The summed E-state index contributed by atoms with van der Waals surface area (Å²) in [7, 11) is 0. The summed E-state index contributed by atoms with van der Waals surface area (Å²) in [5.74, 6) is 0.214. The van der Waals surface area contributed by atoms with E-state index >= 15 is 0 Å². The van der Waals surface area contributed by atoms with E-state index in [-0.39, 0.29) is 11.9 Å². The molecule has 1 N–H and O–H groups in total. The van der Waals surface area contributed by atoms with Crippen LogP contribution in [0.2, 0.25) is 0 Å². The second kappa shape index (κ2) is 5.54. The van der Waals surface area contributed by atoms with E-state index in [2.05, 4.69) is 14.7 Å². The van der Waals surface area contributed by atoms with Crippen molar-refractivity contribution in [1.29, 1.82) is 0 Å². The summed E-state index contributed by atoms with van der Waals surface area (Å²) < 4.78 is 2.10. The molecule has 6 heteroatoms. The van der Waals surface area contributed by atoms with Gasteiger partial charge in [0.25, 0.3) is 0 Å². The van der Waals surface area contributed by atoms with Crippen LogP contribution in [-0.2, 0) is 11.3 Å². The number of amides is 1. The highest BCUT2D eigenvalue weighted by Crippen LogP contribution is 2.17. The fourth-order valence-electron chi connectivity index (χ4n) is 2.70. The average molecular weight is 292 g/mol. The summed E-state index contributed by atoms with van der Waals surface area (Å²) in [5, 5.41) is 5.37. The minimum absolute atomic E-state index is 0.142. The first-order chi connectivity index (χ1) is 9.66. The third-order valence-corrected chi connectivity index (χ3v) is 4.68. The fraction of sp³-hybridized carbons (Fsp3) is 0.571. The molecule has 1 aliphatic heterocycles. The first kappa shape index (κ1) is 13.6. The van der Waals surface area contributed by atoms with Gasteiger partial charge in [-0.05, 0) is 26.7 Å². The predicted molar refractivity (Wildman–Crippen MR) is 79.9 cm³/mol. The van der Waals surface area contributed by atoms with E-state index < -0.39 is 0 Å². The number of hydrogen-bond donors (Lipinski definition) is 1. The molecular weight excluding hydrogens is 272 g/mol. The van der Waals surface area contributed by atoms with Gasteiger partial charge in [0.05, 0.1) is 17.4 Å². The van der Waals surface area contributed by atoms with Gasteiger partial charge >= 0.3 is 0 Å². The zero-order valence-electron chi connectivity index (χ0n) is 11.9.